The molecule has 1 unspecified atom stereocenters. The zero-order valence-corrected chi connectivity index (χ0v) is 24.0. The van der Waals surface area contributed by atoms with Gasteiger partial charge in [0.25, 0.3) is 5.91 Å². The van der Waals surface area contributed by atoms with E-state index in [1.807, 2.05) is 30.3 Å². The van der Waals surface area contributed by atoms with Gasteiger partial charge in [-0.05, 0) is 49.2 Å². The lowest BCUT2D eigenvalue weighted by atomic mass is 10.1. The molecule has 40 heavy (non-hydrogen) atoms. The molecule has 9 nitrogen and oxygen atoms in total. The second kappa shape index (κ2) is 13.2. The number of halogens is 1. The third kappa shape index (κ3) is 6.75. The van der Waals surface area contributed by atoms with Gasteiger partial charge in [0.15, 0.2) is 6.10 Å². The first-order valence-electron chi connectivity index (χ1n) is 13.0. The maximum Gasteiger partial charge on any atom is 0.262 e. The molecule has 1 N–H and O–H groups in total. The lowest BCUT2D eigenvalue weighted by Crippen LogP contribution is -2.53. The van der Waals surface area contributed by atoms with Crippen LogP contribution in [0, 0.1) is 0 Å². The Morgan fingerprint density at radius 1 is 1.07 bits per heavy atom. The Labute approximate surface area is 239 Å². The van der Waals surface area contributed by atoms with Gasteiger partial charge in [0, 0.05) is 13.1 Å². The molecule has 4 rings (SSSR count). The van der Waals surface area contributed by atoms with Crippen LogP contribution >= 0.6 is 11.6 Å². The van der Waals surface area contributed by atoms with Crippen LogP contribution in [0.2, 0.25) is 5.02 Å². The van der Waals surface area contributed by atoms with Crippen molar-refractivity contribution >= 4 is 39.1 Å². The first-order valence-corrected chi connectivity index (χ1v) is 14.9. The Bertz CT molecular complexity index is 1450. The van der Waals surface area contributed by atoms with Crippen LogP contribution in [-0.2, 0) is 26.0 Å². The van der Waals surface area contributed by atoms with Crippen molar-refractivity contribution in [3.63, 3.8) is 0 Å². The molecule has 1 aliphatic rings. The minimum absolute atomic E-state index is 0.0475. The van der Waals surface area contributed by atoms with Crippen LogP contribution in [0.3, 0.4) is 0 Å². The lowest BCUT2D eigenvalue weighted by Gasteiger charge is -2.35. The number of para-hydroxylation sites is 2. The van der Waals surface area contributed by atoms with Crippen molar-refractivity contribution in [1.29, 1.82) is 0 Å². The van der Waals surface area contributed by atoms with E-state index in [0.717, 1.165) is 9.87 Å². The van der Waals surface area contributed by atoms with Crippen LogP contribution in [-0.4, -0.2) is 63.4 Å². The van der Waals surface area contributed by atoms with E-state index < -0.39 is 28.6 Å². The number of benzene rings is 3. The fourth-order valence-electron chi connectivity index (χ4n) is 4.36. The summed E-state index contributed by atoms with van der Waals surface area (Å²) in [6.45, 7) is 3.80. The van der Waals surface area contributed by atoms with E-state index in [0.29, 0.717) is 36.8 Å². The summed E-state index contributed by atoms with van der Waals surface area (Å²) < 4.78 is 39.2. The van der Waals surface area contributed by atoms with E-state index in [-0.39, 0.29) is 28.9 Å². The number of carbonyl (C=O) groups is 2. The van der Waals surface area contributed by atoms with Gasteiger partial charge in [0.1, 0.15) is 11.5 Å². The summed E-state index contributed by atoms with van der Waals surface area (Å²) in [6.07, 6.45) is -0.302. The molecule has 1 atom stereocenters. The van der Waals surface area contributed by atoms with Gasteiger partial charge < -0.3 is 19.7 Å². The van der Waals surface area contributed by atoms with Crippen LogP contribution in [0.25, 0.3) is 0 Å². The summed E-state index contributed by atoms with van der Waals surface area (Å²) in [5, 5.41) is 3.04. The molecule has 0 aromatic heterocycles. The summed E-state index contributed by atoms with van der Waals surface area (Å²) >= 11 is 6.23. The van der Waals surface area contributed by atoms with Gasteiger partial charge in [-0.15, -0.1) is 0 Å². The van der Waals surface area contributed by atoms with Crippen molar-refractivity contribution in [2.45, 2.75) is 31.3 Å². The number of rotatable bonds is 11. The number of anilines is 1. The Kier molecular flexibility index (Phi) is 9.67. The molecule has 3 aromatic rings. The SMILES string of the molecule is CCOc1ccc(S(=O)(=O)N(CC)CC(=O)N2CC(C(=O)NCCc3ccccc3)Oc3ccccc32)cc1Cl. The van der Waals surface area contributed by atoms with E-state index in [4.69, 9.17) is 21.1 Å². The predicted molar refractivity (Wildman–Crippen MR) is 153 cm³/mol. The number of ether oxygens (including phenoxy) is 2. The van der Waals surface area contributed by atoms with Gasteiger partial charge in [-0.1, -0.05) is 61.0 Å². The second-order valence-electron chi connectivity index (χ2n) is 9.06. The minimum atomic E-state index is -4.05. The Hall–Kier alpha value is -3.60. The number of nitrogens with one attached hydrogen (secondary N) is 1. The van der Waals surface area contributed by atoms with Gasteiger partial charge in [0.05, 0.1) is 35.3 Å². The highest BCUT2D eigenvalue weighted by Gasteiger charge is 2.36. The molecule has 0 saturated heterocycles. The Morgan fingerprint density at radius 3 is 2.50 bits per heavy atom. The molecule has 0 fully saturated rings. The largest absolute Gasteiger partial charge is 0.492 e. The Balaban J connectivity index is 1.48. The number of sulfonamides is 1. The van der Waals surface area contributed by atoms with Crippen molar-refractivity contribution in [2.75, 3.05) is 37.7 Å². The maximum atomic E-state index is 13.6. The number of hydrogen-bond donors (Lipinski definition) is 1. The molecule has 2 amide bonds. The van der Waals surface area contributed by atoms with E-state index in [9.17, 15) is 18.0 Å². The minimum Gasteiger partial charge on any atom is -0.492 e. The van der Waals surface area contributed by atoms with Crippen molar-refractivity contribution < 1.29 is 27.5 Å². The fourth-order valence-corrected chi connectivity index (χ4v) is 6.09. The van der Waals surface area contributed by atoms with E-state index in [2.05, 4.69) is 5.32 Å². The second-order valence-corrected chi connectivity index (χ2v) is 11.4. The third-order valence-corrected chi connectivity index (χ3v) is 8.64. The average molecular weight is 586 g/mol. The predicted octanol–water partition coefficient (Wildman–Crippen LogP) is 3.90. The van der Waals surface area contributed by atoms with E-state index in [1.165, 1.54) is 23.1 Å². The molecule has 0 spiro atoms. The van der Waals surface area contributed by atoms with Crippen molar-refractivity contribution in [3.05, 3.63) is 83.4 Å². The molecule has 1 heterocycles. The van der Waals surface area contributed by atoms with Gasteiger partial charge in [-0.2, -0.15) is 4.31 Å². The van der Waals surface area contributed by atoms with Crippen LogP contribution in [0.1, 0.15) is 19.4 Å². The first kappa shape index (κ1) is 29.4. The summed E-state index contributed by atoms with van der Waals surface area (Å²) in [4.78, 5) is 27.9. The Morgan fingerprint density at radius 2 is 1.80 bits per heavy atom. The summed E-state index contributed by atoms with van der Waals surface area (Å²) in [5.74, 6) is -0.0951. The highest BCUT2D eigenvalue weighted by atomic mass is 35.5. The number of likely N-dealkylation sites (N-methyl/N-ethyl adjacent to an activating group) is 1. The zero-order valence-electron chi connectivity index (χ0n) is 22.4. The van der Waals surface area contributed by atoms with Gasteiger partial charge in [-0.3, -0.25) is 9.59 Å². The molecule has 0 radical (unpaired) electrons. The third-order valence-electron chi connectivity index (χ3n) is 6.43. The standard InChI is InChI=1S/C29H32ClN3O6S/c1-3-32(40(36,37)22-14-15-25(38-4-2)23(30)18-22)20-28(34)33-19-27(39-26-13-9-8-12-24(26)33)29(35)31-17-16-21-10-6-5-7-11-21/h5-15,18,27H,3-4,16-17,19-20H2,1-2H3,(H,31,35). The van der Waals surface area contributed by atoms with E-state index >= 15 is 0 Å². The van der Waals surface area contributed by atoms with Gasteiger partial charge in [-0.25, -0.2) is 8.42 Å². The summed E-state index contributed by atoms with van der Waals surface area (Å²) in [7, 11) is -4.05. The summed E-state index contributed by atoms with van der Waals surface area (Å²) in [5.41, 5.74) is 1.56. The highest BCUT2D eigenvalue weighted by molar-refractivity contribution is 7.89. The van der Waals surface area contributed by atoms with Crippen LogP contribution in [0.4, 0.5) is 5.69 Å². The number of hydrogen-bond acceptors (Lipinski definition) is 6. The molecule has 1 aliphatic heterocycles. The van der Waals surface area contributed by atoms with Crippen LogP contribution in [0.5, 0.6) is 11.5 Å². The highest BCUT2D eigenvalue weighted by Crippen LogP contribution is 2.34. The number of nitrogens with zero attached hydrogens (tertiary/aromatic N) is 2. The molecule has 11 heteroatoms. The maximum absolute atomic E-state index is 13.6. The lowest BCUT2D eigenvalue weighted by molar-refractivity contribution is -0.128. The smallest absolute Gasteiger partial charge is 0.262 e. The molecule has 0 bridgehead atoms. The quantitative estimate of drug-likeness (QED) is 0.366. The molecular weight excluding hydrogens is 554 g/mol. The molecule has 0 saturated carbocycles. The van der Waals surface area contributed by atoms with E-state index in [1.54, 1.807) is 38.1 Å². The van der Waals surface area contributed by atoms with Gasteiger partial charge in [0.2, 0.25) is 15.9 Å². The first-order chi connectivity index (χ1) is 19.2. The summed E-state index contributed by atoms with van der Waals surface area (Å²) in [6, 6.07) is 20.8. The van der Waals surface area contributed by atoms with Gasteiger partial charge >= 0.3 is 0 Å². The van der Waals surface area contributed by atoms with Crippen molar-refractivity contribution in [2.24, 2.45) is 0 Å². The molecule has 0 aliphatic carbocycles. The molecule has 3 aromatic carbocycles. The zero-order chi connectivity index (χ0) is 28.7. The van der Waals surface area contributed by atoms with Crippen LogP contribution in [0.15, 0.2) is 77.7 Å². The monoisotopic (exact) mass is 585 g/mol. The van der Waals surface area contributed by atoms with Crippen LogP contribution < -0.4 is 19.7 Å². The fraction of sp³-hybridized carbons (Fsp3) is 0.310. The average Bonchev–Trinajstić information content (AvgIpc) is 2.96. The number of amides is 2. The number of fused-ring (bicyclic) bond motifs is 1. The normalized spacial score (nSPS) is 14.8. The molecular formula is C29H32ClN3O6S. The topological polar surface area (TPSA) is 105 Å². The van der Waals surface area contributed by atoms with Crippen molar-refractivity contribution in [3.8, 4) is 11.5 Å². The molecule has 212 valence electrons. The number of carbonyl (C=O) groups excluding carboxylic acids is 2. The van der Waals surface area contributed by atoms with Crippen molar-refractivity contribution in [1.82, 2.24) is 9.62 Å².